The van der Waals surface area contributed by atoms with Crippen molar-refractivity contribution in [2.45, 2.75) is 12.6 Å². The van der Waals surface area contributed by atoms with Crippen LogP contribution in [0.4, 0.5) is 0 Å². The van der Waals surface area contributed by atoms with Crippen molar-refractivity contribution in [1.82, 2.24) is 0 Å². The van der Waals surface area contributed by atoms with Gasteiger partial charge in [-0.1, -0.05) is 48.5 Å². The maximum absolute atomic E-state index is 12.9. The first-order valence-electron chi connectivity index (χ1n) is 11.5. The van der Waals surface area contributed by atoms with Crippen molar-refractivity contribution in [2.24, 2.45) is 0 Å². The minimum atomic E-state index is -0.726. The SMILES string of the molecule is O=C(OC(=O)c1ccc2cccc(C3OCCO3)c2c1)c1ccc2cccc(C3OCCO3)c2c1. The van der Waals surface area contributed by atoms with Crippen molar-refractivity contribution in [3.8, 4) is 0 Å². The second-order valence-electron chi connectivity index (χ2n) is 8.39. The van der Waals surface area contributed by atoms with E-state index in [0.717, 1.165) is 32.7 Å². The molecule has 4 aromatic carbocycles. The number of rotatable bonds is 4. The molecule has 2 aliphatic rings. The lowest BCUT2D eigenvalue weighted by atomic mass is 10.0. The first-order chi connectivity index (χ1) is 17.2. The highest BCUT2D eigenvalue weighted by Crippen LogP contribution is 2.32. The molecule has 0 atom stereocenters. The van der Waals surface area contributed by atoms with E-state index in [0.29, 0.717) is 26.4 Å². The summed E-state index contributed by atoms with van der Waals surface area (Å²) in [6, 6.07) is 21.9. The van der Waals surface area contributed by atoms with E-state index in [9.17, 15) is 9.59 Å². The van der Waals surface area contributed by atoms with Gasteiger partial charge >= 0.3 is 11.9 Å². The molecule has 0 unspecified atom stereocenters. The summed E-state index contributed by atoms with van der Waals surface area (Å²) in [5.74, 6) is -1.45. The highest BCUT2D eigenvalue weighted by molar-refractivity contribution is 6.06. The van der Waals surface area contributed by atoms with Gasteiger partial charge in [-0.15, -0.1) is 0 Å². The van der Waals surface area contributed by atoms with E-state index < -0.39 is 24.5 Å². The van der Waals surface area contributed by atoms with Gasteiger partial charge in [0.25, 0.3) is 0 Å². The summed E-state index contributed by atoms with van der Waals surface area (Å²) in [5, 5.41) is 3.49. The third-order valence-corrected chi connectivity index (χ3v) is 6.24. The van der Waals surface area contributed by atoms with Gasteiger partial charge in [0.1, 0.15) is 0 Å². The van der Waals surface area contributed by atoms with Crippen molar-refractivity contribution in [3.05, 3.63) is 95.1 Å². The molecule has 0 amide bonds. The number of hydrogen-bond acceptors (Lipinski definition) is 7. The third-order valence-electron chi connectivity index (χ3n) is 6.24. The molecular weight excluding hydrogens is 448 g/mol. The van der Waals surface area contributed by atoms with E-state index in [1.54, 1.807) is 24.3 Å². The van der Waals surface area contributed by atoms with Crippen molar-refractivity contribution < 1.29 is 33.3 Å². The molecule has 0 N–H and O–H groups in total. The fraction of sp³-hybridized carbons (Fsp3) is 0.214. The van der Waals surface area contributed by atoms with Crippen molar-refractivity contribution in [3.63, 3.8) is 0 Å². The Morgan fingerprint density at radius 3 is 1.46 bits per heavy atom. The fourth-order valence-electron chi connectivity index (χ4n) is 4.54. The van der Waals surface area contributed by atoms with Crippen LogP contribution in [0.3, 0.4) is 0 Å². The monoisotopic (exact) mass is 470 g/mol. The van der Waals surface area contributed by atoms with Crippen LogP contribution in [0.5, 0.6) is 0 Å². The molecule has 0 radical (unpaired) electrons. The largest absolute Gasteiger partial charge is 0.386 e. The summed E-state index contributed by atoms with van der Waals surface area (Å²) in [6.07, 6.45) is -0.961. The van der Waals surface area contributed by atoms with Crippen LogP contribution >= 0.6 is 0 Å². The van der Waals surface area contributed by atoms with Gasteiger partial charge in [-0.3, -0.25) is 0 Å². The van der Waals surface area contributed by atoms with Gasteiger partial charge in [0.2, 0.25) is 0 Å². The first kappa shape index (κ1) is 21.9. The van der Waals surface area contributed by atoms with E-state index in [4.69, 9.17) is 23.7 Å². The predicted molar refractivity (Wildman–Crippen MR) is 127 cm³/mol. The molecule has 0 saturated carbocycles. The van der Waals surface area contributed by atoms with E-state index in [1.807, 2.05) is 48.5 Å². The van der Waals surface area contributed by atoms with Crippen molar-refractivity contribution in [1.29, 1.82) is 0 Å². The van der Waals surface area contributed by atoms with Crippen LogP contribution in [-0.2, 0) is 23.7 Å². The summed E-state index contributed by atoms with van der Waals surface area (Å²) in [7, 11) is 0. The van der Waals surface area contributed by atoms with Crippen molar-refractivity contribution >= 4 is 33.5 Å². The smallest absolute Gasteiger partial charge is 0.346 e. The molecule has 0 spiro atoms. The van der Waals surface area contributed by atoms with Crippen LogP contribution in [0.2, 0.25) is 0 Å². The predicted octanol–water partition coefficient (Wildman–Crippen LogP) is 5.08. The lowest BCUT2D eigenvalue weighted by Gasteiger charge is -2.14. The number of esters is 2. The van der Waals surface area contributed by atoms with Gasteiger partial charge in [-0.05, 0) is 45.8 Å². The van der Waals surface area contributed by atoms with Gasteiger partial charge in [0, 0.05) is 11.1 Å². The standard InChI is InChI=1S/C28H22O7/c29-25(19-9-7-17-3-1-5-21(23(17)15-19)27-31-11-12-32-27)35-26(30)20-10-8-18-4-2-6-22(24(18)16-20)28-33-13-14-34-28/h1-10,15-16,27-28H,11-14H2. The summed E-state index contributed by atoms with van der Waals surface area (Å²) < 4.78 is 27.8. The second kappa shape index (κ2) is 9.20. The third kappa shape index (κ3) is 4.19. The van der Waals surface area contributed by atoms with Crippen LogP contribution < -0.4 is 0 Å². The zero-order chi connectivity index (χ0) is 23.8. The highest BCUT2D eigenvalue weighted by atomic mass is 16.7. The average Bonchev–Trinajstić information content (AvgIpc) is 3.62. The van der Waals surface area contributed by atoms with Crippen molar-refractivity contribution in [2.75, 3.05) is 26.4 Å². The Balaban J connectivity index is 1.27. The van der Waals surface area contributed by atoms with E-state index in [2.05, 4.69) is 0 Å². The molecule has 2 aliphatic heterocycles. The Bertz CT molecular complexity index is 1320. The van der Waals surface area contributed by atoms with Crippen LogP contribution in [0.15, 0.2) is 72.8 Å². The Hall–Kier alpha value is -3.62. The normalized spacial score (nSPS) is 16.8. The Morgan fingerprint density at radius 1 is 0.600 bits per heavy atom. The van der Waals surface area contributed by atoms with Gasteiger partial charge in [-0.25, -0.2) is 9.59 Å². The van der Waals surface area contributed by atoms with Crippen LogP contribution in [0.1, 0.15) is 44.4 Å². The minimum absolute atomic E-state index is 0.269. The molecule has 2 fully saturated rings. The molecule has 6 rings (SSSR count). The number of fused-ring (bicyclic) bond motifs is 2. The number of hydrogen-bond donors (Lipinski definition) is 0. The van der Waals surface area contributed by atoms with Gasteiger partial charge < -0.3 is 23.7 Å². The zero-order valence-electron chi connectivity index (χ0n) is 18.8. The zero-order valence-corrected chi connectivity index (χ0v) is 18.8. The lowest BCUT2D eigenvalue weighted by molar-refractivity contribution is -0.0432. The molecule has 35 heavy (non-hydrogen) atoms. The molecule has 7 heteroatoms. The first-order valence-corrected chi connectivity index (χ1v) is 11.5. The number of ether oxygens (including phenoxy) is 5. The Morgan fingerprint density at radius 2 is 1.03 bits per heavy atom. The summed E-state index contributed by atoms with van der Waals surface area (Å²) in [5.41, 5.74) is 2.20. The number of carbonyl (C=O) groups is 2. The van der Waals surface area contributed by atoms with Crippen LogP contribution in [0.25, 0.3) is 21.5 Å². The van der Waals surface area contributed by atoms with E-state index in [1.165, 1.54) is 0 Å². The molecule has 2 saturated heterocycles. The molecule has 2 heterocycles. The highest BCUT2D eigenvalue weighted by Gasteiger charge is 2.23. The summed E-state index contributed by atoms with van der Waals surface area (Å²) >= 11 is 0. The lowest BCUT2D eigenvalue weighted by Crippen LogP contribution is -2.13. The quantitative estimate of drug-likeness (QED) is 0.304. The topological polar surface area (TPSA) is 80.3 Å². The van der Waals surface area contributed by atoms with E-state index >= 15 is 0 Å². The fourth-order valence-corrected chi connectivity index (χ4v) is 4.54. The molecule has 0 aliphatic carbocycles. The number of carbonyl (C=O) groups excluding carboxylic acids is 2. The van der Waals surface area contributed by atoms with Gasteiger partial charge in [0.05, 0.1) is 37.6 Å². The summed E-state index contributed by atoms with van der Waals surface area (Å²) in [4.78, 5) is 25.8. The molecular formula is C28H22O7. The molecule has 0 bridgehead atoms. The summed E-state index contributed by atoms with van der Waals surface area (Å²) in [6.45, 7) is 2.07. The molecule has 7 nitrogen and oxygen atoms in total. The van der Waals surface area contributed by atoms with E-state index in [-0.39, 0.29) is 11.1 Å². The van der Waals surface area contributed by atoms with Crippen LogP contribution in [0, 0.1) is 0 Å². The van der Waals surface area contributed by atoms with Crippen LogP contribution in [-0.4, -0.2) is 38.4 Å². The maximum atomic E-state index is 12.9. The maximum Gasteiger partial charge on any atom is 0.346 e. The number of benzene rings is 4. The minimum Gasteiger partial charge on any atom is -0.386 e. The molecule has 0 aromatic heterocycles. The second-order valence-corrected chi connectivity index (χ2v) is 8.39. The average molecular weight is 470 g/mol. The molecule has 176 valence electrons. The molecule has 4 aromatic rings. The van der Waals surface area contributed by atoms with Gasteiger partial charge in [0.15, 0.2) is 12.6 Å². The Kier molecular flexibility index (Phi) is 5.75. The Labute approximate surface area is 201 Å². The van der Waals surface area contributed by atoms with Gasteiger partial charge in [-0.2, -0.15) is 0 Å².